The van der Waals surface area contributed by atoms with Crippen LogP contribution in [0.1, 0.15) is 33.5 Å². The summed E-state index contributed by atoms with van der Waals surface area (Å²) in [5.74, 6) is -0.295. The van der Waals surface area contributed by atoms with Crippen LogP contribution in [0.25, 0.3) is 0 Å². The number of hydrogen-bond acceptors (Lipinski definition) is 4. The number of carbonyl (C=O) groups excluding carboxylic acids is 1. The van der Waals surface area contributed by atoms with Crippen LogP contribution in [0.5, 0.6) is 0 Å². The number of aryl methyl sites for hydroxylation is 1. The monoisotopic (exact) mass is 262 g/mol. The lowest BCUT2D eigenvalue weighted by atomic mass is 10.1. The van der Waals surface area contributed by atoms with Gasteiger partial charge in [0.15, 0.2) is 5.69 Å². The lowest BCUT2D eigenvalue weighted by Gasteiger charge is -1.97. The van der Waals surface area contributed by atoms with Crippen molar-refractivity contribution in [2.45, 2.75) is 20.3 Å². The highest BCUT2D eigenvalue weighted by molar-refractivity contribution is 7.11. The van der Waals surface area contributed by atoms with Gasteiger partial charge in [-0.15, -0.1) is 11.3 Å². The fraction of sp³-hybridized carbons (Fsp3) is 0.250. The summed E-state index contributed by atoms with van der Waals surface area (Å²) in [4.78, 5) is 12.8. The molecule has 0 aliphatic carbocycles. The van der Waals surface area contributed by atoms with E-state index in [4.69, 9.17) is 0 Å². The van der Waals surface area contributed by atoms with Crippen LogP contribution in [0.4, 0.5) is 0 Å². The molecule has 2 rings (SSSR count). The van der Waals surface area contributed by atoms with Gasteiger partial charge in [-0.2, -0.15) is 10.2 Å². The fourth-order valence-electron chi connectivity index (χ4n) is 1.57. The van der Waals surface area contributed by atoms with E-state index < -0.39 is 0 Å². The molecule has 5 nitrogen and oxygen atoms in total. The highest BCUT2D eigenvalue weighted by atomic mass is 32.1. The molecular weight excluding hydrogens is 248 g/mol. The maximum atomic E-state index is 11.8. The second-order valence-electron chi connectivity index (χ2n) is 3.74. The van der Waals surface area contributed by atoms with E-state index in [0.29, 0.717) is 5.69 Å². The van der Waals surface area contributed by atoms with Crippen molar-refractivity contribution in [2.24, 2.45) is 5.10 Å². The van der Waals surface area contributed by atoms with Crippen LogP contribution in [0.15, 0.2) is 22.6 Å². The van der Waals surface area contributed by atoms with E-state index in [1.807, 2.05) is 31.4 Å². The first-order valence-corrected chi connectivity index (χ1v) is 6.51. The molecule has 1 amide bonds. The first kappa shape index (κ1) is 12.5. The zero-order chi connectivity index (χ0) is 13.0. The topological polar surface area (TPSA) is 70.1 Å². The van der Waals surface area contributed by atoms with Crippen LogP contribution < -0.4 is 5.43 Å². The molecule has 18 heavy (non-hydrogen) atoms. The van der Waals surface area contributed by atoms with Crippen LogP contribution in [0.3, 0.4) is 0 Å². The molecule has 0 radical (unpaired) electrons. The van der Waals surface area contributed by atoms with Gasteiger partial charge in [-0.25, -0.2) is 5.43 Å². The number of rotatable bonds is 4. The molecule has 0 unspecified atom stereocenters. The summed E-state index contributed by atoms with van der Waals surface area (Å²) in [5.41, 5.74) is 4.72. The predicted molar refractivity (Wildman–Crippen MR) is 72.1 cm³/mol. The molecule has 2 heterocycles. The standard InChI is InChI=1S/C12H14N4OS/c1-3-10-8(2)11(15-14-10)12(17)16-13-7-9-5-4-6-18-9/h4-7H,3H2,1-2H3,(H,14,15)(H,16,17)/b13-7+. The van der Waals surface area contributed by atoms with Gasteiger partial charge in [-0.05, 0) is 24.8 Å². The molecule has 0 bridgehead atoms. The maximum Gasteiger partial charge on any atom is 0.292 e. The van der Waals surface area contributed by atoms with Crippen LogP contribution in [0.2, 0.25) is 0 Å². The second-order valence-corrected chi connectivity index (χ2v) is 4.72. The molecule has 0 atom stereocenters. The molecule has 2 aromatic heterocycles. The number of nitrogens with one attached hydrogen (secondary N) is 2. The van der Waals surface area contributed by atoms with Gasteiger partial charge in [0.1, 0.15) is 0 Å². The van der Waals surface area contributed by atoms with Gasteiger partial charge < -0.3 is 0 Å². The average Bonchev–Trinajstić information content (AvgIpc) is 2.98. The molecule has 0 aliphatic heterocycles. The van der Waals surface area contributed by atoms with Gasteiger partial charge in [0.05, 0.1) is 6.21 Å². The predicted octanol–water partition coefficient (Wildman–Crippen LogP) is 2.11. The average molecular weight is 262 g/mol. The summed E-state index contributed by atoms with van der Waals surface area (Å²) in [7, 11) is 0. The molecule has 2 aromatic rings. The zero-order valence-electron chi connectivity index (χ0n) is 10.2. The summed E-state index contributed by atoms with van der Waals surface area (Å²) in [5, 5.41) is 12.7. The first-order valence-electron chi connectivity index (χ1n) is 5.63. The summed E-state index contributed by atoms with van der Waals surface area (Å²) >= 11 is 1.56. The molecule has 0 aromatic carbocycles. The third-order valence-electron chi connectivity index (χ3n) is 2.58. The van der Waals surface area contributed by atoms with Gasteiger partial charge in [0, 0.05) is 16.1 Å². The van der Waals surface area contributed by atoms with Crippen LogP contribution in [0, 0.1) is 6.92 Å². The third kappa shape index (κ3) is 2.65. The number of aromatic amines is 1. The number of amides is 1. The Morgan fingerprint density at radius 1 is 1.67 bits per heavy atom. The normalized spacial score (nSPS) is 11.0. The lowest BCUT2D eigenvalue weighted by molar-refractivity contribution is 0.0949. The fourth-order valence-corrected chi connectivity index (χ4v) is 2.16. The van der Waals surface area contributed by atoms with Crippen molar-refractivity contribution in [3.05, 3.63) is 39.3 Å². The first-order chi connectivity index (χ1) is 8.72. The Labute approximate surface area is 109 Å². The van der Waals surface area contributed by atoms with Crippen molar-refractivity contribution in [3.63, 3.8) is 0 Å². The molecule has 0 saturated heterocycles. The van der Waals surface area contributed by atoms with Crippen molar-refractivity contribution in [2.75, 3.05) is 0 Å². The van der Waals surface area contributed by atoms with E-state index >= 15 is 0 Å². The SMILES string of the molecule is CCc1[nH]nc(C(=O)N/N=C/c2cccs2)c1C. The molecule has 6 heteroatoms. The number of carbonyl (C=O) groups is 1. The van der Waals surface area contributed by atoms with E-state index in [0.717, 1.165) is 22.6 Å². The molecule has 0 aliphatic rings. The van der Waals surface area contributed by atoms with Crippen molar-refractivity contribution in [1.82, 2.24) is 15.6 Å². The summed E-state index contributed by atoms with van der Waals surface area (Å²) in [6.45, 7) is 3.89. The van der Waals surface area contributed by atoms with E-state index in [1.165, 1.54) is 0 Å². The van der Waals surface area contributed by atoms with Crippen LogP contribution in [-0.4, -0.2) is 22.3 Å². The minimum atomic E-state index is -0.295. The Hall–Kier alpha value is -1.95. The van der Waals surface area contributed by atoms with Gasteiger partial charge in [0.25, 0.3) is 5.91 Å². The van der Waals surface area contributed by atoms with Gasteiger partial charge in [-0.1, -0.05) is 13.0 Å². The highest BCUT2D eigenvalue weighted by Gasteiger charge is 2.14. The van der Waals surface area contributed by atoms with Crippen molar-refractivity contribution < 1.29 is 4.79 Å². The third-order valence-corrected chi connectivity index (χ3v) is 3.39. The molecule has 0 saturated carbocycles. The number of hydrogen-bond donors (Lipinski definition) is 2. The van der Waals surface area contributed by atoms with Crippen molar-refractivity contribution in [1.29, 1.82) is 0 Å². The maximum absolute atomic E-state index is 11.8. The second kappa shape index (κ2) is 5.59. The summed E-state index contributed by atoms with van der Waals surface area (Å²) in [6, 6.07) is 3.86. The minimum Gasteiger partial charge on any atom is -0.282 e. The number of H-pyrrole nitrogens is 1. The van der Waals surface area contributed by atoms with E-state index in [2.05, 4.69) is 20.7 Å². The quantitative estimate of drug-likeness (QED) is 0.654. The van der Waals surface area contributed by atoms with E-state index in [-0.39, 0.29) is 5.91 Å². The van der Waals surface area contributed by atoms with Crippen molar-refractivity contribution in [3.8, 4) is 0 Å². The zero-order valence-corrected chi connectivity index (χ0v) is 11.0. The van der Waals surface area contributed by atoms with Crippen molar-refractivity contribution >= 4 is 23.5 Å². The minimum absolute atomic E-state index is 0.295. The van der Waals surface area contributed by atoms with E-state index in [9.17, 15) is 4.79 Å². The number of thiophene rings is 1. The molecular formula is C12H14N4OS. The Balaban J connectivity index is 2.01. The molecule has 0 fully saturated rings. The lowest BCUT2D eigenvalue weighted by Crippen LogP contribution is -2.19. The summed E-state index contributed by atoms with van der Waals surface area (Å²) < 4.78 is 0. The highest BCUT2D eigenvalue weighted by Crippen LogP contribution is 2.10. The Morgan fingerprint density at radius 2 is 2.50 bits per heavy atom. The van der Waals surface area contributed by atoms with E-state index in [1.54, 1.807) is 17.6 Å². The molecule has 2 N–H and O–H groups in total. The Kier molecular flexibility index (Phi) is 3.88. The number of nitrogens with zero attached hydrogens (tertiary/aromatic N) is 2. The van der Waals surface area contributed by atoms with Gasteiger partial charge in [0.2, 0.25) is 0 Å². The number of hydrazone groups is 1. The van der Waals surface area contributed by atoms with Crippen LogP contribution >= 0.6 is 11.3 Å². The van der Waals surface area contributed by atoms with Crippen LogP contribution in [-0.2, 0) is 6.42 Å². The summed E-state index contributed by atoms with van der Waals surface area (Å²) in [6.07, 6.45) is 2.44. The Morgan fingerprint density at radius 3 is 3.11 bits per heavy atom. The molecule has 94 valence electrons. The largest absolute Gasteiger partial charge is 0.292 e. The Bertz CT molecular complexity index is 557. The number of aromatic nitrogens is 2. The van der Waals surface area contributed by atoms with Gasteiger partial charge >= 0.3 is 0 Å². The van der Waals surface area contributed by atoms with Gasteiger partial charge in [-0.3, -0.25) is 9.89 Å². The smallest absolute Gasteiger partial charge is 0.282 e. The molecule has 0 spiro atoms.